The summed E-state index contributed by atoms with van der Waals surface area (Å²) in [5, 5.41) is 22.6. The lowest BCUT2D eigenvalue weighted by Crippen LogP contribution is -2.46. The number of carboxylic acids is 1. The predicted octanol–water partition coefficient (Wildman–Crippen LogP) is 3.22. The van der Waals surface area contributed by atoms with Gasteiger partial charge in [0.25, 0.3) is 0 Å². The molecule has 1 unspecified atom stereocenters. The van der Waals surface area contributed by atoms with Crippen LogP contribution in [0.4, 0.5) is 4.39 Å². The summed E-state index contributed by atoms with van der Waals surface area (Å²) >= 11 is 0. The van der Waals surface area contributed by atoms with Crippen molar-refractivity contribution < 1.29 is 27.8 Å². The molecular formula is C25H35FN2O5S. The molecular weight excluding hydrogens is 459 g/mol. The van der Waals surface area contributed by atoms with Crippen LogP contribution in [0.2, 0.25) is 0 Å². The minimum atomic E-state index is -4.06. The summed E-state index contributed by atoms with van der Waals surface area (Å²) in [7, 11) is -2.73. The highest BCUT2D eigenvalue weighted by atomic mass is 32.2. The van der Waals surface area contributed by atoms with Crippen LogP contribution in [0.15, 0.2) is 53.4 Å². The van der Waals surface area contributed by atoms with E-state index in [-0.39, 0.29) is 41.9 Å². The Morgan fingerprint density at radius 3 is 2.44 bits per heavy atom. The number of carboxylic acid groups (broad SMARTS) is 1. The molecule has 0 aliphatic heterocycles. The van der Waals surface area contributed by atoms with E-state index in [0.29, 0.717) is 0 Å². The lowest BCUT2D eigenvalue weighted by atomic mass is 9.95. The van der Waals surface area contributed by atoms with Crippen molar-refractivity contribution in [3.63, 3.8) is 0 Å². The number of rotatable bonds is 14. The molecule has 7 nitrogen and oxygen atoms in total. The van der Waals surface area contributed by atoms with Crippen molar-refractivity contribution in [3.8, 4) is 0 Å². The van der Waals surface area contributed by atoms with Crippen LogP contribution in [0.25, 0.3) is 0 Å². The molecule has 0 radical (unpaired) electrons. The van der Waals surface area contributed by atoms with Gasteiger partial charge in [0.1, 0.15) is 5.82 Å². The number of aliphatic hydroxyl groups is 1. The summed E-state index contributed by atoms with van der Waals surface area (Å²) in [6, 6.07) is 13.5. The fourth-order valence-corrected chi connectivity index (χ4v) is 4.96. The summed E-state index contributed by atoms with van der Waals surface area (Å²) in [6.45, 7) is 4.11. The maximum atomic E-state index is 14.0. The maximum Gasteiger partial charge on any atom is 0.303 e. The first-order valence-electron chi connectivity index (χ1n) is 11.3. The molecule has 188 valence electrons. The average Bonchev–Trinajstić information content (AvgIpc) is 2.76. The number of hydrogen-bond donors (Lipinski definition) is 3. The minimum absolute atomic E-state index is 0.0191. The van der Waals surface area contributed by atoms with E-state index in [4.69, 9.17) is 5.11 Å². The van der Waals surface area contributed by atoms with Crippen LogP contribution in [0.3, 0.4) is 0 Å². The number of nitrogens with zero attached hydrogens (tertiary/aromatic N) is 1. The van der Waals surface area contributed by atoms with Gasteiger partial charge in [0, 0.05) is 32.1 Å². The van der Waals surface area contributed by atoms with Crippen LogP contribution >= 0.6 is 0 Å². The molecule has 34 heavy (non-hydrogen) atoms. The fraction of sp³-hybridized carbons (Fsp3) is 0.480. The first kappa shape index (κ1) is 27.9. The Hall–Kier alpha value is -2.33. The van der Waals surface area contributed by atoms with E-state index in [1.807, 2.05) is 32.0 Å². The Labute approximate surface area is 201 Å². The monoisotopic (exact) mass is 494 g/mol. The van der Waals surface area contributed by atoms with Gasteiger partial charge in [0.15, 0.2) is 0 Å². The van der Waals surface area contributed by atoms with Crippen LogP contribution in [0, 0.1) is 5.82 Å². The largest absolute Gasteiger partial charge is 0.481 e. The van der Waals surface area contributed by atoms with Crippen molar-refractivity contribution in [2.24, 2.45) is 0 Å². The first-order chi connectivity index (χ1) is 15.9. The molecule has 2 aromatic rings. The van der Waals surface area contributed by atoms with Gasteiger partial charge in [-0.2, -0.15) is 4.31 Å². The van der Waals surface area contributed by atoms with Gasteiger partial charge in [-0.15, -0.1) is 0 Å². The van der Waals surface area contributed by atoms with Crippen molar-refractivity contribution in [2.45, 2.75) is 62.5 Å². The van der Waals surface area contributed by atoms with Crippen molar-refractivity contribution in [1.29, 1.82) is 0 Å². The molecule has 0 aromatic heterocycles. The van der Waals surface area contributed by atoms with Crippen LogP contribution in [0.1, 0.15) is 44.2 Å². The maximum absolute atomic E-state index is 14.0. The second-order valence-electron chi connectivity index (χ2n) is 9.23. The Morgan fingerprint density at radius 1 is 1.12 bits per heavy atom. The molecule has 0 saturated carbocycles. The number of aryl methyl sites for hydroxylation is 2. The van der Waals surface area contributed by atoms with Crippen molar-refractivity contribution in [3.05, 3.63) is 65.5 Å². The summed E-state index contributed by atoms with van der Waals surface area (Å²) in [6.07, 6.45) is 1.63. The number of β-amino-alcohol motifs (C(OH)–C–C–N with tert-alkyl or cyclic N) is 1. The summed E-state index contributed by atoms with van der Waals surface area (Å²) < 4.78 is 40.8. The number of aliphatic carboxylic acids is 1. The third kappa shape index (κ3) is 9.13. The van der Waals surface area contributed by atoms with Crippen molar-refractivity contribution in [2.75, 3.05) is 20.1 Å². The second-order valence-corrected chi connectivity index (χ2v) is 11.3. The number of hydrogen-bond acceptors (Lipinski definition) is 5. The SMILES string of the molecule is CN(CC(O)CNC(C)(C)CCCc1ccccc1)S(=O)(=O)c1cc(F)cc(CCC(=O)O)c1. The van der Waals surface area contributed by atoms with Gasteiger partial charge in [-0.1, -0.05) is 30.3 Å². The zero-order valence-electron chi connectivity index (χ0n) is 20.0. The number of nitrogens with one attached hydrogen (secondary N) is 1. The van der Waals surface area contributed by atoms with E-state index in [0.717, 1.165) is 35.7 Å². The Kier molecular flexibility index (Phi) is 10.2. The summed E-state index contributed by atoms with van der Waals surface area (Å²) in [5.74, 6) is -1.81. The van der Waals surface area contributed by atoms with E-state index in [2.05, 4.69) is 17.4 Å². The third-order valence-electron chi connectivity index (χ3n) is 5.66. The highest BCUT2D eigenvalue weighted by Gasteiger charge is 2.25. The van der Waals surface area contributed by atoms with E-state index < -0.39 is 27.9 Å². The van der Waals surface area contributed by atoms with Crippen LogP contribution in [0.5, 0.6) is 0 Å². The normalized spacial score (nSPS) is 13.2. The fourth-order valence-electron chi connectivity index (χ4n) is 3.67. The third-order valence-corrected chi connectivity index (χ3v) is 7.46. The van der Waals surface area contributed by atoms with Gasteiger partial charge in [-0.3, -0.25) is 4.79 Å². The zero-order chi connectivity index (χ0) is 25.4. The van der Waals surface area contributed by atoms with Crippen LogP contribution in [-0.2, 0) is 27.7 Å². The van der Waals surface area contributed by atoms with E-state index in [1.54, 1.807) is 0 Å². The molecule has 0 fully saturated rings. The Morgan fingerprint density at radius 2 is 1.79 bits per heavy atom. The van der Waals surface area contributed by atoms with Gasteiger partial charge in [0.05, 0.1) is 11.0 Å². The predicted molar refractivity (Wildman–Crippen MR) is 130 cm³/mol. The number of carbonyl (C=O) groups is 1. The van der Waals surface area contributed by atoms with E-state index in [9.17, 15) is 22.7 Å². The average molecular weight is 495 g/mol. The highest BCUT2D eigenvalue weighted by Crippen LogP contribution is 2.20. The lowest BCUT2D eigenvalue weighted by Gasteiger charge is -2.29. The smallest absolute Gasteiger partial charge is 0.303 e. The van der Waals surface area contributed by atoms with Crippen molar-refractivity contribution >= 4 is 16.0 Å². The van der Waals surface area contributed by atoms with Crippen LogP contribution in [-0.4, -0.2) is 60.7 Å². The van der Waals surface area contributed by atoms with Gasteiger partial charge >= 0.3 is 5.97 Å². The van der Waals surface area contributed by atoms with Crippen LogP contribution < -0.4 is 5.32 Å². The standard InChI is InChI=1S/C25H35FN2O5S/c1-25(2,13-7-10-19-8-5-4-6-9-19)27-17-22(29)18-28(3)34(32,33)23-15-20(11-12-24(30)31)14-21(26)16-23/h4-6,8-9,14-16,22,27,29H,7,10-13,17-18H2,1-3H3,(H,30,31). The molecule has 0 amide bonds. The first-order valence-corrected chi connectivity index (χ1v) is 12.8. The molecule has 0 spiro atoms. The van der Waals surface area contributed by atoms with Gasteiger partial charge < -0.3 is 15.5 Å². The zero-order valence-corrected chi connectivity index (χ0v) is 20.8. The number of sulfonamides is 1. The summed E-state index contributed by atoms with van der Waals surface area (Å²) in [5.41, 5.74) is 1.32. The number of halogens is 1. The molecule has 1 atom stereocenters. The topological polar surface area (TPSA) is 107 Å². The molecule has 2 rings (SSSR count). The van der Waals surface area contributed by atoms with Gasteiger partial charge in [0.2, 0.25) is 10.0 Å². The molecule has 0 bridgehead atoms. The van der Waals surface area contributed by atoms with E-state index >= 15 is 0 Å². The van der Waals surface area contributed by atoms with Gasteiger partial charge in [-0.05, 0) is 68.9 Å². The molecule has 2 aromatic carbocycles. The molecule has 0 aliphatic rings. The lowest BCUT2D eigenvalue weighted by molar-refractivity contribution is -0.136. The Bertz CT molecular complexity index is 1040. The molecule has 0 heterocycles. The van der Waals surface area contributed by atoms with Gasteiger partial charge in [-0.25, -0.2) is 12.8 Å². The summed E-state index contributed by atoms with van der Waals surface area (Å²) in [4.78, 5) is 10.5. The number of likely N-dealkylation sites (N-methyl/N-ethyl adjacent to an activating group) is 1. The van der Waals surface area contributed by atoms with E-state index in [1.165, 1.54) is 18.7 Å². The van der Waals surface area contributed by atoms with Crippen molar-refractivity contribution in [1.82, 2.24) is 9.62 Å². The quantitative estimate of drug-likeness (QED) is 0.372. The Balaban J connectivity index is 1.90. The highest BCUT2D eigenvalue weighted by molar-refractivity contribution is 7.89. The minimum Gasteiger partial charge on any atom is -0.481 e. The second kappa shape index (κ2) is 12.4. The molecule has 0 saturated heterocycles. The molecule has 3 N–H and O–H groups in total. The molecule has 9 heteroatoms. The number of benzene rings is 2. The number of aliphatic hydroxyl groups excluding tert-OH is 1. The molecule has 0 aliphatic carbocycles.